The van der Waals surface area contributed by atoms with Crippen molar-refractivity contribution in [1.82, 2.24) is 0 Å². The number of rotatable bonds is 3. The number of benzene rings is 1. The molecule has 0 bridgehead atoms. The van der Waals surface area contributed by atoms with Crippen LogP contribution in [0.25, 0.3) is 0 Å². The predicted octanol–water partition coefficient (Wildman–Crippen LogP) is 2.98. The summed E-state index contributed by atoms with van der Waals surface area (Å²) >= 11 is 0. The molecule has 0 amide bonds. The summed E-state index contributed by atoms with van der Waals surface area (Å²) in [6.45, 7) is 3.22. The molecule has 0 unspecified atom stereocenters. The van der Waals surface area contributed by atoms with E-state index in [2.05, 4.69) is 43.1 Å². The van der Waals surface area contributed by atoms with Crippen LogP contribution in [0.5, 0.6) is 0 Å². The molecular formula is C15H23NO. The summed E-state index contributed by atoms with van der Waals surface area (Å²) in [5.41, 5.74) is 2.60. The van der Waals surface area contributed by atoms with E-state index in [0.29, 0.717) is 0 Å². The van der Waals surface area contributed by atoms with Crippen molar-refractivity contribution in [2.75, 3.05) is 18.5 Å². The minimum atomic E-state index is -0.0454. The smallest absolute Gasteiger partial charge is 0.0540 e. The Labute approximate surface area is 104 Å². The summed E-state index contributed by atoms with van der Waals surface area (Å²) in [6, 6.07) is 8.70. The maximum atomic E-state index is 9.50. The van der Waals surface area contributed by atoms with Gasteiger partial charge in [-0.1, -0.05) is 17.7 Å². The molecule has 0 radical (unpaired) electrons. The van der Waals surface area contributed by atoms with Gasteiger partial charge in [0, 0.05) is 19.3 Å². The SMILES string of the molecule is Cc1ccc(N(C)CC2CCC(O)CC2)cc1. The van der Waals surface area contributed by atoms with Crippen LogP contribution in [0.3, 0.4) is 0 Å². The molecule has 1 N–H and O–H groups in total. The highest BCUT2D eigenvalue weighted by Crippen LogP contribution is 2.26. The Balaban J connectivity index is 1.88. The number of hydrogen-bond acceptors (Lipinski definition) is 2. The molecule has 2 nitrogen and oxygen atoms in total. The number of nitrogens with zero attached hydrogens (tertiary/aromatic N) is 1. The highest BCUT2D eigenvalue weighted by molar-refractivity contribution is 5.46. The van der Waals surface area contributed by atoms with Gasteiger partial charge in [0.05, 0.1) is 6.10 Å². The average molecular weight is 233 g/mol. The monoisotopic (exact) mass is 233 g/mol. The van der Waals surface area contributed by atoms with Crippen molar-refractivity contribution in [1.29, 1.82) is 0 Å². The molecular weight excluding hydrogens is 210 g/mol. The van der Waals surface area contributed by atoms with Crippen LogP contribution >= 0.6 is 0 Å². The van der Waals surface area contributed by atoms with E-state index < -0.39 is 0 Å². The van der Waals surface area contributed by atoms with E-state index in [0.717, 1.165) is 38.1 Å². The fourth-order valence-corrected chi connectivity index (χ4v) is 2.62. The van der Waals surface area contributed by atoms with E-state index in [9.17, 15) is 5.11 Å². The molecule has 0 saturated heterocycles. The van der Waals surface area contributed by atoms with E-state index in [1.165, 1.54) is 11.3 Å². The van der Waals surface area contributed by atoms with Crippen LogP contribution in [-0.4, -0.2) is 24.8 Å². The first-order valence-corrected chi connectivity index (χ1v) is 6.61. The largest absolute Gasteiger partial charge is 0.393 e. The zero-order chi connectivity index (χ0) is 12.3. The van der Waals surface area contributed by atoms with Crippen LogP contribution < -0.4 is 4.90 Å². The van der Waals surface area contributed by atoms with Crippen LogP contribution in [0.4, 0.5) is 5.69 Å². The fourth-order valence-electron chi connectivity index (χ4n) is 2.62. The van der Waals surface area contributed by atoms with Crippen molar-refractivity contribution in [3.63, 3.8) is 0 Å². The number of aryl methyl sites for hydroxylation is 1. The first kappa shape index (κ1) is 12.4. The van der Waals surface area contributed by atoms with Crippen LogP contribution in [0.1, 0.15) is 31.2 Å². The van der Waals surface area contributed by atoms with Crippen LogP contribution in [0.2, 0.25) is 0 Å². The van der Waals surface area contributed by atoms with Gasteiger partial charge >= 0.3 is 0 Å². The van der Waals surface area contributed by atoms with E-state index in [4.69, 9.17) is 0 Å². The zero-order valence-corrected chi connectivity index (χ0v) is 10.9. The third-order valence-corrected chi connectivity index (χ3v) is 3.82. The van der Waals surface area contributed by atoms with Gasteiger partial charge in [-0.05, 0) is 50.7 Å². The predicted molar refractivity (Wildman–Crippen MR) is 72.4 cm³/mol. The maximum absolute atomic E-state index is 9.50. The van der Waals surface area contributed by atoms with Crippen molar-refractivity contribution in [3.05, 3.63) is 29.8 Å². The molecule has 2 heteroatoms. The summed E-state index contributed by atoms with van der Waals surface area (Å²) in [6.07, 6.45) is 4.24. The van der Waals surface area contributed by atoms with Gasteiger partial charge in [-0.2, -0.15) is 0 Å². The molecule has 1 aromatic rings. The average Bonchev–Trinajstić information content (AvgIpc) is 2.33. The fraction of sp³-hybridized carbons (Fsp3) is 0.600. The number of hydrogen-bond donors (Lipinski definition) is 1. The Hall–Kier alpha value is -1.02. The van der Waals surface area contributed by atoms with E-state index in [1.807, 2.05) is 0 Å². The standard InChI is InChI=1S/C15H23NO/c1-12-3-7-14(8-4-12)16(2)11-13-5-9-15(17)10-6-13/h3-4,7-8,13,15,17H,5-6,9-11H2,1-2H3. The number of anilines is 1. The number of aliphatic hydroxyl groups is 1. The maximum Gasteiger partial charge on any atom is 0.0540 e. The molecule has 0 spiro atoms. The lowest BCUT2D eigenvalue weighted by Gasteiger charge is -2.30. The Morgan fingerprint density at radius 1 is 1.12 bits per heavy atom. The van der Waals surface area contributed by atoms with E-state index in [1.54, 1.807) is 0 Å². The lowest BCUT2D eigenvalue weighted by molar-refractivity contribution is 0.110. The van der Waals surface area contributed by atoms with Crippen LogP contribution in [0.15, 0.2) is 24.3 Å². The second-order valence-electron chi connectivity index (χ2n) is 5.39. The van der Waals surface area contributed by atoms with Gasteiger partial charge in [-0.25, -0.2) is 0 Å². The first-order chi connectivity index (χ1) is 8.15. The third-order valence-electron chi connectivity index (χ3n) is 3.82. The molecule has 0 aliphatic heterocycles. The van der Waals surface area contributed by atoms with Gasteiger partial charge < -0.3 is 10.0 Å². The summed E-state index contributed by atoms with van der Waals surface area (Å²) in [5.74, 6) is 0.740. The Kier molecular flexibility index (Phi) is 4.06. The topological polar surface area (TPSA) is 23.5 Å². The minimum Gasteiger partial charge on any atom is -0.393 e. The minimum absolute atomic E-state index is 0.0454. The first-order valence-electron chi connectivity index (χ1n) is 6.61. The van der Waals surface area contributed by atoms with Crippen molar-refractivity contribution < 1.29 is 5.11 Å². The Bertz CT molecular complexity index is 338. The normalized spacial score (nSPS) is 24.6. The van der Waals surface area contributed by atoms with Crippen LogP contribution in [-0.2, 0) is 0 Å². The molecule has 17 heavy (non-hydrogen) atoms. The molecule has 94 valence electrons. The molecule has 0 aromatic heterocycles. The summed E-state index contributed by atoms with van der Waals surface area (Å²) in [5, 5.41) is 9.50. The van der Waals surface area contributed by atoms with Crippen molar-refractivity contribution in [2.45, 2.75) is 38.7 Å². The van der Waals surface area contributed by atoms with Gasteiger partial charge in [-0.3, -0.25) is 0 Å². The second-order valence-corrected chi connectivity index (χ2v) is 5.39. The van der Waals surface area contributed by atoms with E-state index >= 15 is 0 Å². The van der Waals surface area contributed by atoms with Gasteiger partial charge in [0.2, 0.25) is 0 Å². The summed E-state index contributed by atoms with van der Waals surface area (Å²) < 4.78 is 0. The Morgan fingerprint density at radius 3 is 2.29 bits per heavy atom. The molecule has 1 aromatic carbocycles. The molecule has 1 aliphatic rings. The zero-order valence-electron chi connectivity index (χ0n) is 10.9. The molecule has 0 atom stereocenters. The van der Waals surface area contributed by atoms with Crippen molar-refractivity contribution in [2.24, 2.45) is 5.92 Å². The highest BCUT2D eigenvalue weighted by atomic mass is 16.3. The van der Waals surface area contributed by atoms with Crippen molar-refractivity contribution >= 4 is 5.69 Å². The molecule has 2 rings (SSSR count). The lowest BCUT2D eigenvalue weighted by atomic mass is 9.87. The van der Waals surface area contributed by atoms with Gasteiger partial charge in [0.1, 0.15) is 0 Å². The van der Waals surface area contributed by atoms with E-state index in [-0.39, 0.29) is 6.10 Å². The quantitative estimate of drug-likeness (QED) is 0.867. The second kappa shape index (κ2) is 5.54. The van der Waals surface area contributed by atoms with Gasteiger partial charge in [0.15, 0.2) is 0 Å². The lowest BCUT2D eigenvalue weighted by Crippen LogP contribution is -2.29. The Morgan fingerprint density at radius 2 is 1.71 bits per heavy atom. The van der Waals surface area contributed by atoms with Crippen LogP contribution in [0, 0.1) is 12.8 Å². The van der Waals surface area contributed by atoms with Crippen molar-refractivity contribution in [3.8, 4) is 0 Å². The molecule has 0 heterocycles. The number of aliphatic hydroxyl groups excluding tert-OH is 1. The summed E-state index contributed by atoms with van der Waals surface area (Å²) in [7, 11) is 2.16. The highest BCUT2D eigenvalue weighted by Gasteiger charge is 2.20. The third kappa shape index (κ3) is 3.47. The summed E-state index contributed by atoms with van der Waals surface area (Å²) in [4.78, 5) is 2.34. The molecule has 1 aliphatic carbocycles. The van der Waals surface area contributed by atoms with Gasteiger partial charge in [0.25, 0.3) is 0 Å². The van der Waals surface area contributed by atoms with Gasteiger partial charge in [-0.15, -0.1) is 0 Å². The molecule has 1 saturated carbocycles. The molecule has 1 fully saturated rings.